The molecule has 0 saturated carbocycles. The summed E-state index contributed by atoms with van der Waals surface area (Å²) in [5.41, 5.74) is 1.50. The summed E-state index contributed by atoms with van der Waals surface area (Å²) in [7, 11) is 0. The summed E-state index contributed by atoms with van der Waals surface area (Å²) in [4.78, 5) is 26.1. The molecule has 0 spiro atoms. The van der Waals surface area contributed by atoms with E-state index in [-0.39, 0.29) is 18.4 Å². The Morgan fingerprint density at radius 2 is 1.80 bits per heavy atom. The summed E-state index contributed by atoms with van der Waals surface area (Å²) in [6.45, 7) is 2.22. The van der Waals surface area contributed by atoms with Crippen LogP contribution in [0, 0.1) is 0 Å². The van der Waals surface area contributed by atoms with Gasteiger partial charge in [-0.1, -0.05) is 0 Å². The van der Waals surface area contributed by atoms with Gasteiger partial charge in [0.1, 0.15) is 5.76 Å². The number of hydrogen-bond donors (Lipinski definition) is 2. The Morgan fingerprint density at radius 1 is 1.04 bits per heavy atom. The van der Waals surface area contributed by atoms with E-state index in [4.69, 9.17) is 4.42 Å². The monoisotopic (exact) mass is 341 g/mol. The number of anilines is 1. The summed E-state index contributed by atoms with van der Waals surface area (Å²) in [6.07, 6.45) is 4.94. The lowest BCUT2D eigenvalue weighted by atomic mass is 10.1. The molecule has 2 amide bonds. The molecule has 0 aliphatic carbocycles. The highest BCUT2D eigenvalue weighted by Gasteiger charge is 2.17. The number of amides is 2. The first kappa shape index (κ1) is 17.1. The topological polar surface area (TPSA) is 74.6 Å². The van der Waals surface area contributed by atoms with Crippen molar-refractivity contribution in [3.63, 3.8) is 0 Å². The van der Waals surface area contributed by atoms with Gasteiger partial charge in [-0.2, -0.15) is 0 Å². The van der Waals surface area contributed by atoms with Gasteiger partial charge in [0.25, 0.3) is 5.91 Å². The van der Waals surface area contributed by atoms with Crippen molar-refractivity contribution in [2.75, 3.05) is 25.0 Å². The van der Waals surface area contributed by atoms with Crippen molar-refractivity contribution in [2.24, 2.45) is 0 Å². The van der Waals surface area contributed by atoms with Crippen LogP contribution in [-0.4, -0.2) is 36.3 Å². The third kappa shape index (κ3) is 4.86. The van der Waals surface area contributed by atoms with Crippen LogP contribution in [0.4, 0.5) is 5.69 Å². The minimum absolute atomic E-state index is 0.0856. The van der Waals surface area contributed by atoms with E-state index in [0.717, 1.165) is 31.6 Å². The fourth-order valence-corrected chi connectivity index (χ4v) is 2.85. The second-order valence-electron chi connectivity index (χ2n) is 6.14. The van der Waals surface area contributed by atoms with E-state index >= 15 is 0 Å². The molecule has 3 rings (SSSR count). The first-order valence-electron chi connectivity index (χ1n) is 8.65. The zero-order valence-electron chi connectivity index (χ0n) is 14.2. The van der Waals surface area contributed by atoms with Crippen molar-refractivity contribution in [2.45, 2.75) is 25.8 Å². The van der Waals surface area contributed by atoms with Gasteiger partial charge in [0.15, 0.2) is 0 Å². The van der Waals surface area contributed by atoms with Gasteiger partial charge in [0, 0.05) is 24.3 Å². The summed E-state index contributed by atoms with van der Waals surface area (Å²) < 4.78 is 5.16. The average molecular weight is 341 g/mol. The first-order chi connectivity index (χ1) is 12.2. The zero-order chi connectivity index (χ0) is 17.5. The smallest absolute Gasteiger partial charge is 0.253 e. The molecule has 2 N–H and O–H groups in total. The number of likely N-dealkylation sites (tertiary alicyclic amines) is 1. The van der Waals surface area contributed by atoms with Crippen LogP contribution in [0.5, 0.6) is 0 Å². The lowest BCUT2D eigenvalue weighted by Crippen LogP contribution is -2.35. The van der Waals surface area contributed by atoms with Crippen molar-refractivity contribution in [1.82, 2.24) is 10.2 Å². The Morgan fingerprint density at radius 3 is 2.48 bits per heavy atom. The van der Waals surface area contributed by atoms with Gasteiger partial charge in [0.05, 0.1) is 19.4 Å². The first-order valence-corrected chi connectivity index (χ1v) is 8.65. The van der Waals surface area contributed by atoms with E-state index in [1.54, 1.807) is 24.5 Å². The number of piperidine rings is 1. The lowest BCUT2D eigenvalue weighted by Gasteiger charge is -2.26. The summed E-state index contributed by atoms with van der Waals surface area (Å²) >= 11 is 0. The maximum Gasteiger partial charge on any atom is 0.253 e. The predicted molar refractivity (Wildman–Crippen MR) is 95.2 cm³/mol. The number of hydrogen-bond acceptors (Lipinski definition) is 4. The minimum Gasteiger partial charge on any atom is -0.467 e. The number of carbonyl (C=O) groups excluding carboxylic acids is 2. The van der Waals surface area contributed by atoms with Gasteiger partial charge in [0.2, 0.25) is 5.91 Å². The van der Waals surface area contributed by atoms with Crippen molar-refractivity contribution < 1.29 is 14.0 Å². The van der Waals surface area contributed by atoms with Crippen LogP contribution in [0.2, 0.25) is 0 Å². The molecule has 1 aliphatic heterocycles. The highest BCUT2D eigenvalue weighted by molar-refractivity contribution is 5.94. The highest BCUT2D eigenvalue weighted by atomic mass is 16.3. The number of benzene rings is 1. The molecule has 25 heavy (non-hydrogen) atoms. The predicted octanol–water partition coefficient (Wildman–Crippen LogP) is 2.63. The molecule has 2 aromatic rings. The quantitative estimate of drug-likeness (QED) is 0.847. The molecule has 0 bridgehead atoms. The number of nitrogens with zero attached hydrogens (tertiary/aromatic N) is 1. The van der Waals surface area contributed by atoms with Crippen LogP contribution < -0.4 is 10.6 Å². The second kappa shape index (κ2) is 8.37. The van der Waals surface area contributed by atoms with Crippen molar-refractivity contribution in [1.29, 1.82) is 0 Å². The van der Waals surface area contributed by atoms with Crippen molar-refractivity contribution in [3.05, 3.63) is 54.0 Å². The van der Waals surface area contributed by atoms with Crippen LogP contribution >= 0.6 is 0 Å². The number of furan rings is 1. The van der Waals surface area contributed by atoms with Crippen LogP contribution in [0.15, 0.2) is 47.1 Å². The third-order valence-corrected chi connectivity index (χ3v) is 4.27. The molecule has 1 aliphatic rings. The molecule has 2 heterocycles. The Hall–Kier alpha value is -2.76. The molecule has 0 atom stereocenters. The van der Waals surface area contributed by atoms with E-state index in [0.29, 0.717) is 17.9 Å². The van der Waals surface area contributed by atoms with E-state index in [9.17, 15) is 9.59 Å². The SMILES string of the molecule is O=C(CNc1ccc(C(=O)N2CCCCC2)cc1)NCc1ccco1. The largest absolute Gasteiger partial charge is 0.467 e. The van der Waals surface area contributed by atoms with Crippen molar-refractivity contribution >= 4 is 17.5 Å². The summed E-state index contributed by atoms with van der Waals surface area (Å²) in [5, 5.41) is 5.82. The number of rotatable bonds is 6. The fourth-order valence-electron chi connectivity index (χ4n) is 2.85. The summed E-state index contributed by atoms with van der Waals surface area (Å²) in [5.74, 6) is 0.682. The normalized spacial score (nSPS) is 14.2. The van der Waals surface area contributed by atoms with E-state index in [1.807, 2.05) is 23.1 Å². The Balaban J connectivity index is 1.45. The van der Waals surface area contributed by atoms with Gasteiger partial charge in [-0.3, -0.25) is 9.59 Å². The van der Waals surface area contributed by atoms with Crippen molar-refractivity contribution in [3.8, 4) is 0 Å². The number of carbonyl (C=O) groups is 2. The maximum absolute atomic E-state index is 12.4. The van der Waals surface area contributed by atoms with Crippen LogP contribution in [-0.2, 0) is 11.3 Å². The molecule has 0 radical (unpaired) electrons. The molecule has 132 valence electrons. The number of nitrogens with one attached hydrogen (secondary N) is 2. The van der Waals surface area contributed by atoms with Crippen LogP contribution in [0.25, 0.3) is 0 Å². The zero-order valence-corrected chi connectivity index (χ0v) is 14.2. The third-order valence-electron chi connectivity index (χ3n) is 4.27. The van der Waals surface area contributed by atoms with Crippen LogP contribution in [0.1, 0.15) is 35.4 Å². The minimum atomic E-state index is -0.120. The van der Waals surface area contributed by atoms with Crippen LogP contribution in [0.3, 0.4) is 0 Å². The average Bonchev–Trinajstić information content (AvgIpc) is 3.19. The van der Waals surface area contributed by atoms with Gasteiger partial charge < -0.3 is 20.0 Å². The Labute approximate surface area is 147 Å². The molecule has 0 unspecified atom stereocenters. The summed E-state index contributed by atoms with van der Waals surface area (Å²) in [6, 6.07) is 10.9. The molecular formula is C19H23N3O3. The second-order valence-corrected chi connectivity index (χ2v) is 6.14. The van der Waals surface area contributed by atoms with Gasteiger partial charge in [-0.15, -0.1) is 0 Å². The van der Waals surface area contributed by atoms with Gasteiger partial charge >= 0.3 is 0 Å². The lowest BCUT2D eigenvalue weighted by molar-refractivity contribution is -0.119. The standard InChI is InChI=1S/C19H23N3O3/c23-18(21-13-17-5-4-12-25-17)14-20-16-8-6-15(7-9-16)19(24)22-10-2-1-3-11-22/h4-9,12,20H,1-3,10-11,13-14H2,(H,21,23). The molecular weight excluding hydrogens is 318 g/mol. The highest BCUT2D eigenvalue weighted by Crippen LogP contribution is 2.15. The fraction of sp³-hybridized carbons (Fsp3) is 0.368. The maximum atomic E-state index is 12.4. The van der Waals surface area contributed by atoms with E-state index < -0.39 is 0 Å². The molecule has 1 fully saturated rings. The van der Waals surface area contributed by atoms with Gasteiger partial charge in [-0.05, 0) is 55.7 Å². The van der Waals surface area contributed by atoms with Gasteiger partial charge in [-0.25, -0.2) is 0 Å². The molecule has 6 heteroatoms. The molecule has 1 saturated heterocycles. The molecule has 1 aromatic heterocycles. The Kier molecular flexibility index (Phi) is 5.72. The molecule has 6 nitrogen and oxygen atoms in total. The molecule has 1 aromatic carbocycles. The van der Waals surface area contributed by atoms with E-state index in [1.165, 1.54) is 6.42 Å². The van der Waals surface area contributed by atoms with E-state index in [2.05, 4.69) is 10.6 Å². The Bertz CT molecular complexity index is 689.